The molecule has 3 amide bonds. The summed E-state index contributed by atoms with van der Waals surface area (Å²) in [6, 6.07) is 9.15. The minimum absolute atomic E-state index is 0.0893. The fourth-order valence-corrected chi connectivity index (χ4v) is 5.68. The molecule has 3 heterocycles. The Labute approximate surface area is 185 Å². The number of amides is 3. The molecule has 166 valence electrons. The monoisotopic (exact) mass is 454 g/mol. The first-order chi connectivity index (χ1) is 15.2. The molecule has 2 N–H and O–H groups in total. The lowest BCUT2D eigenvalue weighted by Gasteiger charge is -2.29. The summed E-state index contributed by atoms with van der Waals surface area (Å²) >= 11 is 0. The number of sulfonamides is 1. The van der Waals surface area contributed by atoms with E-state index >= 15 is 0 Å². The van der Waals surface area contributed by atoms with Crippen molar-refractivity contribution in [2.45, 2.75) is 36.7 Å². The Bertz CT molecular complexity index is 1270. The van der Waals surface area contributed by atoms with Crippen LogP contribution in [-0.2, 0) is 32.6 Å². The van der Waals surface area contributed by atoms with Gasteiger partial charge in [-0.1, -0.05) is 12.1 Å². The first-order valence-electron chi connectivity index (χ1n) is 10.4. The number of nitrogens with one attached hydrogen (secondary N) is 2. The molecule has 0 spiro atoms. The number of hydrogen-bond donors (Lipinski definition) is 2. The number of carbonyl (C=O) groups excluding carboxylic acids is 3. The van der Waals surface area contributed by atoms with E-state index in [1.807, 2.05) is 18.0 Å². The van der Waals surface area contributed by atoms with Crippen molar-refractivity contribution >= 4 is 39.1 Å². The summed E-state index contributed by atoms with van der Waals surface area (Å²) in [5.74, 6) is -1.22. The van der Waals surface area contributed by atoms with Gasteiger partial charge in [-0.25, -0.2) is 8.42 Å². The average Bonchev–Trinajstić information content (AvgIpc) is 3.29. The first kappa shape index (κ1) is 20.5. The maximum atomic E-state index is 13.1. The predicted octanol–water partition coefficient (Wildman–Crippen LogP) is 1.24. The normalized spacial score (nSPS) is 20.3. The second kappa shape index (κ2) is 7.33. The van der Waals surface area contributed by atoms with Crippen LogP contribution in [0.25, 0.3) is 0 Å². The predicted molar refractivity (Wildman–Crippen MR) is 117 cm³/mol. The second-order valence-electron chi connectivity index (χ2n) is 8.30. The lowest BCUT2D eigenvalue weighted by Crippen LogP contribution is -2.52. The number of fused-ring (bicyclic) bond motifs is 2. The molecule has 0 radical (unpaired) electrons. The number of likely N-dealkylation sites (N-methyl/N-ethyl adjacent to an activating group) is 1. The van der Waals surface area contributed by atoms with E-state index in [-0.39, 0.29) is 36.1 Å². The van der Waals surface area contributed by atoms with Crippen molar-refractivity contribution in [1.82, 2.24) is 10.2 Å². The molecule has 3 aliphatic rings. The Morgan fingerprint density at radius 1 is 1.09 bits per heavy atom. The number of benzene rings is 2. The Morgan fingerprint density at radius 2 is 1.91 bits per heavy atom. The van der Waals surface area contributed by atoms with Crippen LogP contribution in [0, 0.1) is 0 Å². The lowest BCUT2D eigenvalue weighted by molar-refractivity contribution is -0.136. The third kappa shape index (κ3) is 3.31. The van der Waals surface area contributed by atoms with Gasteiger partial charge in [0, 0.05) is 43.4 Å². The third-order valence-electron chi connectivity index (χ3n) is 6.32. The minimum atomic E-state index is -3.89. The van der Waals surface area contributed by atoms with Gasteiger partial charge in [0.05, 0.1) is 10.6 Å². The zero-order valence-electron chi connectivity index (χ0n) is 17.4. The molecule has 9 nitrogen and oxygen atoms in total. The molecular weight excluding hydrogens is 432 g/mol. The SMILES string of the molecule is CN1CCc2ccc(S(=O)(=O)Nc3cccc4c3CN(C3CCC(=O)NC3=O)C4=O)cc21. The summed E-state index contributed by atoms with van der Waals surface area (Å²) in [7, 11) is -1.96. The summed E-state index contributed by atoms with van der Waals surface area (Å²) in [4.78, 5) is 40.2. The van der Waals surface area contributed by atoms with Gasteiger partial charge in [-0.2, -0.15) is 0 Å². The lowest BCUT2D eigenvalue weighted by atomic mass is 10.0. The molecular formula is C22H22N4O5S. The number of imide groups is 1. The van der Waals surface area contributed by atoms with Crippen LogP contribution in [-0.4, -0.2) is 50.7 Å². The van der Waals surface area contributed by atoms with Crippen LogP contribution in [0.2, 0.25) is 0 Å². The van der Waals surface area contributed by atoms with Gasteiger partial charge < -0.3 is 9.80 Å². The molecule has 1 fully saturated rings. The van der Waals surface area contributed by atoms with Crippen molar-refractivity contribution in [2.75, 3.05) is 23.2 Å². The van der Waals surface area contributed by atoms with E-state index in [0.717, 1.165) is 24.2 Å². The van der Waals surface area contributed by atoms with Crippen LogP contribution in [0.4, 0.5) is 11.4 Å². The molecule has 1 atom stereocenters. The Morgan fingerprint density at radius 3 is 2.69 bits per heavy atom. The number of rotatable bonds is 4. The van der Waals surface area contributed by atoms with Crippen LogP contribution in [0.5, 0.6) is 0 Å². The molecule has 0 aliphatic carbocycles. The van der Waals surface area contributed by atoms with Gasteiger partial charge in [0.25, 0.3) is 15.9 Å². The summed E-state index contributed by atoms with van der Waals surface area (Å²) in [5.41, 5.74) is 3.18. The molecule has 32 heavy (non-hydrogen) atoms. The molecule has 0 bridgehead atoms. The molecule has 0 aromatic heterocycles. The zero-order valence-corrected chi connectivity index (χ0v) is 18.2. The second-order valence-corrected chi connectivity index (χ2v) is 9.98. The topological polar surface area (TPSA) is 116 Å². The van der Waals surface area contributed by atoms with Crippen molar-refractivity contribution in [1.29, 1.82) is 0 Å². The molecule has 2 aromatic rings. The van der Waals surface area contributed by atoms with E-state index in [1.165, 1.54) is 4.90 Å². The van der Waals surface area contributed by atoms with E-state index in [9.17, 15) is 22.8 Å². The van der Waals surface area contributed by atoms with Crippen molar-refractivity contribution in [3.8, 4) is 0 Å². The summed E-state index contributed by atoms with van der Waals surface area (Å²) in [6.45, 7) is 0.933. The van der Waals surface area contributed by atoms with Gasteiger partial charge in [0.15, 0.2) is 0 Å². The van der Waals surface area contributed by atoms with Gasteiger partial charge in [0.1, 0.15) is 6.04 Å². The molecule has 0 saturated carbocycles. The fourth-order valence-electron chi connectivity index (χ4n) is 4.57. The van der Waals surface area contributed by atoms with E-state index in [0.29, 0.717) is 16.8 Å². The smallest absolute Gasteiger partial charge is 0.261 e. The van der Waals surface area contributed by atoms with Crippen LogP contribution in [0.1, 0.15) is 34.3 Å². The van der Waals surface area contributed by atoms with E-state index in [4.69, 9.17) is 0 Å². The highest BCUT2D eigenvalue weighted by Crippen LogP contribution is 2.34. The summed E-state index contributed by atoms with van der Waals surface area (Å²) in [6.07, 6.45) is 1.28. The van der Waals surface area contributed by atoms with Crippen LogP contribution in [0.3, 0.4) is 0 Å². The van der Waals surface area contributed by atoms with E-state index < -0.39 is 22.0 Å². The fraction of sp³-hybridized carbons (Fsp3) is 0.318. The summed E-state index contributed by atoms with van der Waals surface area (Å²) < 4.78 is 28.9. The minimum Gasteiger partial charge on any atom is -0.374 e. The quantitative estimate of drug-likeness (QED) is 0.672. The van der Waals surface area contributed by atoms with Crippen LogP contribution >= 0.6 is 0 Å². The number of piperidine rings is 1. The summed E-state index contributed by atoms with van der Waals surface area (Å²) in [5, 5.41) is 2.26. The van der Waals surface area contributed by atoms with Gasteiger partial charge in [0.2, 0.25) is 11.8 Å². The van der Waals surface area contributed by atoms with Gasteiger partial charge in [-0.05, 0) is 42.7 Å². The average molecular weight is 455 g/mol. The molecule has 5 rings (SSSR count). The van der Waals surface area contributed by atoms with E-state index in [1.54, 1.807) is 30.3 Å². The number of hydrogen-bond acceptors (Lipinski definition) is 6. The molecule has 1 unspecified atom stereocenters. The van der Waals surface area contributed by atoms with Crippen molar-refractivity contribution in [3.63, 3.8) is 0 Å². The van der Waals surface area contributed by atoms with Crippen LogP contribution < -0.4 is 14.9 Å². The Kier molecular flexibility index (Phi) is 4.70. The zero-order chi connectivity index (χ0) is 22.6. The number of carbonyl (C=O) groups is 3. The Balaban J connectivity index is 1.43. The molecule has 2 aromatic carbocycles. The van der Waals surface area contributed by atoms with Crippen LogP contribution in [0.15, 0.2) is 41.3 Å². The van der Waals surface area contributed by atoms with Crippen molar-refractivity contribution < 1.29 is 22.8 Å². The number of nitrogens with zero attached hydrogens (tertiary/aromatic N) is 2. The van der Waals surface area contributed by atoms with E-state index in [2.05, 4.69) is 10.0 Å². The highest BCUT2D eigenvalue weighted by Gasteiger charge is 2.40. The molecule has 1 saturated heterocycles. The highest BCUT2D eigenvalue weighted by molar-refractivity contribution is 7.92. The first-order valence-corrected chi connectivity index (χ1v) is 11.9. The maximum Gasteiger partial charge on any atom is 0.261 e. The Hall–Kier alpha value is -3.40. The highest BCUT2D eigenvalue weighted by atomic mass is 32.2. The van der Waals surface area contributed by atoms with Gasteiger partial charge >= 0.3 is 0 Å². The molecule has 3 aliphatic heterocycles. The standard InChI is InChI=1S/C22H22N4O5S/c1-25-10-9-13-5-6-14(11-19(13)25)32(30,31)24-17-4-2-3-15-16(17)12-26(22(15)29)18-7-8-20(27)23-21(18)28/h2-6,11,18,24H,7-10,12H2,1H3,(H,23,27,28). The van der Waals surface area contributed by atoms with Crippen molar-refractivity contribution in [2.24, 2.45) is 0 Å². The van der Waals surface area contributed by atoms with Crippen molar-refractivity contribution in [3.05, 3.63) is 53.1 Å². The largest absolute Gasteiger partial charge is 0.374 e. The molecule has 10 heteroatoms. The number of anilines is 2. The van der Waals surface area contributed by atoms with Gasteiger partial charge in [-0.15, -0.1) is 0 Å². The maximum absolute atomic E-state index is 13.1. The van der Waals surface area contributed by atoms with Gasteiger partial charge in [-0.3, -0.25) is 24.4 Å². The third-order valence-corrected chi connectivity index (χ3v) is 7.68.